The molecule has 0 spiro atoms. The van der Waals surface area contributed by atoms with Gasteiger partial charge in [-0.05, 0) is 25.5 Å². The fourth-order valence-electron chi connectivity index (χ4n) is 1.41. The van der Waals surface area contributed by atoms with E-state index in [1.807, 2.05) is 6.92 Å². The summed E-state index contributed by atoms with van der Waals surface area (Å²) in [6, 6.07) is 1.38. The number of hydrogen-bond donors (Lipinski definition) is 1. The highest BCUT2D eigenvalue weighted by Crippen LogP contribution is 2.11. The molecular weight excluding hydrogens is 223 g/mol. The van der Waals surface area contributed by atoms with Crippen molar-refractivity contribution in [2.24, 2.45) is 0 Å². The average molecular weight is 240 g/mol. The first-order chi connectivity index (χ1) is 8.13. The molecule has 1 aromatic rings. The van der Waals surface area contributed by atoms with Gasteiger partial charge in [0.05, 0.1) is 19.2 Å². The lowest BCUT2D eigenvalue weighted by molar-refractivity contribution is -0.143. The van der Waals surface area contributed by atoms with E-state index in [1.165, 1.54) is 6.07 Å². The topological polar surface area (TPSA) is 51.2 Å². The second kappa shape index (κ2) is 6.96. The predicted molar refractivity (Wildman–Crippen MR) is 61.9 cm³/mol. The Hall–Kier alpha value is -1.49. The van der Waals surface area contributed by atoms with Crippen molar-refractivity contribution in [1.29, 1.82) is 0 Å². The van der Waals surface area contributed by atoms with E-state index < -0.39 is 0 Å². The molecule has 4 nitrogen and oxygen atoms in total. The molecule has 1 rings (SSSR count). The molecule has 1 aromatic heterocycles. The standard InChI is InChI=1S/C12H17FN2O2/c1-3-17-12(16)4-5-15-9(2)10-6-11(13)8-14-7-10/h6-9,15H,3-5H2,1-2H3. The SMILES string of the molecule is CCOC(=O)CCNC(C)c1cncc(F)c1. The zero-order chi connectivity index (χ0) is 12.7. The lowest BCUT2D eigenvalue weighted by Gasteiger charge is -2.13. The Kier molecular flexibility index (Phi) is 5.56. The number of carbonyl (C=O) groups excluding carboxylic acids is 1. The van der Waals surface area contributed by atoms with Crippen LogP contribution < -0.4 is 5.32 Å². The number of pyridine rings is 1. The van der Waals surface area contributed by atoms with Crippen molar-refractivity contribution < 1.29 is 13.9 Å². The number of ether oxygens (including phenoxy) is 1. The van der Waals surface area contributed by atoms with Crippen LogP contribution in [-0.2, 0) is 9.53 Å². The molecule has 0 bridgehead atoms. The van der Waals surface area contributed by atoms with Gasteiger partial charge in [0, 0.05) is 18.8 Å². The van der Waals surface area contributed by atoms with Gasteiger partial charge < -0.3 is 10.1 Å². The number of rotatable bonds is 6. The Morgan fingerprint density at radius 1 is 1.59 bits per heavy atom. The monoisotopic (exact) mass is 240 g/mol. The summed E-state index contributed by atoms with van der Waals surface area (Å²) in [5.74, 6) is -0.592. The molecule has 1 heterocycles. The van der Waals surface area contributed by atoms with E-state index in [2.05, 4.69) is 10.3 Å². The molecule has 5 heteroatoms. The maximum absolute atomic E-state index is 12.9. The highest BCUT2D eigenvalue weighted by molar-refractivity contribution is 5.69. The van der Waals surface area contributed by atoms with Crippen molar-refractivity contribution in [3.63, 3.8) is 0 Å². The lowest BCUT2D eigenvalue weighted by Crippen LogP contribution is -2.23. The van der Waals surface area contributed by atoms with Crippen LogP contribution in [0.5, 0.6) is 0 Å². The molecule has 17 heavy (non-hydrogen) atoms. The van der Waals surface area contributed by atoms with Gasteiger partial charge in [-0.1, -0.05) is 0 Å². The molecule has 94 valence electrons. The Labute approximate surface area is 100 Å². The average Bonchev–Trinajstić information content (AvgIpc) is 2.29. The van der Waals surface area contributed by atoms with Gasteiger partial charge in [-0.25, -0.2) is 4.39 Å². The molecule has 0 aliphatic rings. The zero-order valence-electron chi connectivity index (χ0n) is 10.1. The number of halogens is 1. The fraction of sp³-hybridized carbons (Fsp3) is 0.500. The minimum absolute atomic E-state index is 0.0485. The molecular formula is C12H17FN2O2. The normalized spacial score (nSPS) is 12.2. The molecule has 0 radical (unpaired) electrons. The van der Waals surface area contributed by atoms with Gasteiger partial charge in [-0.2, -0.15) is 0 Å². The van der Waals surface area contributed by atoms with Crippen molar-refractivity contribution >= 4 is 5.97 Å². The molecule has 0 amide bonds. The lowest BCUT2D eigenvalue weighted by atomic mass is 10.1. The first kappa shape index (κ1) is 13.6. The Balaban J connectivity index is 2.35. The van der Waals surface area contributed by atoms with Crippen LogP contribution in [-0.4, -0.2) is 24.1 Å². The van der Waals surface area contributed by atoms with E-state index in [9.17, 15) is 9.18 Å². The summed E-state index contributed by atoms with van der Waals surface area (Å²) in [5, 5.41) is 3.11. The maximum Gasteiger partial charge on any atom is 0.307 e. The Morgan fingerprint density at radius 3 is 3.00 bits per heavy atom. The van der Waals surface area contributed by atoms with Gasteiger partial charge in [0.15, 0.2) is 0 Å². The van der Waals surface area contributed by atoms with Crippen LogP contribution >= 0.6 is 0 Å². The van der Waals surface area contributed by atoms with E-state index in [4.69, 9.17) is 4.74 Å². The van der Waals surface area contributed by atoms with Crippen LogP contribution in [0.2, 0.25) is 0 Å². The highest BCUT2D eigenvalue weighted by Gasteiger charge is 2.07. The molecule has 0 aromatic carbocycles. The second-order valence-corrected chi connectivity index (χ2v) is 3.67. The van der Waals surface area contributed by atoms with Crippen LogP contribution in [0.3, 0.4) is 0 Å². The summed E-state index contributed by atoms with van der Waals surface area (Å²) in [6.45, 7) is 4.55. The summed E-state index contributed by atoms with van der Waals surface area (Å²) in [7, 11) is 0. The van der Waals surface area contributed by atoms with Crippen molar-refractivity contribution in [2.75, 3.05) is 13.2 Å². The number of hydrogen-bond acceptors (Lipinski definition) is 4. The van der Waals surface area contributed by atoms with Gasteiger partial charge >= 0.3 is 5.97 Å². The minimum atomic E-state index is -0.360. The molecule has 1 unspecified atom stereocenters. The van der Waals surface area contributed by atoms with E-state index >= 15 is 0 Å². The van der Waals surface area contributed by atoms with Crippen LogP contribution in [0, 0.1) is 5.82 Å². The summed E-state index contributed by atoms with van der Waals surface area (Å²) in [4.78, 5) is 14.9. The summed E-state index contributed by atoms with van der Waals surface area (Å²) in [6.07, 6.45) is 3.07. The Morgan fingerprint density at radius 2 is 2.35 bits per heavy atom. The highest BCUT2D eigenvalue weighted by atomic mass is 19.1. The van der Waals surface area contributed by atoms with Crippen LogP contribution in [0.4, 0.5) is 4.39 Å². The van der Waals surface area contributed by atoms with Crippen LogP contribution in [0.25, 0.3) is 0 Å². The Bertz CT molecular complexity index is 371. The van der Waals surface area contributed by atoms with Crippen LogP contribution in [0.1, 0.15) is 31.9 Å². The number of nitrogens with one attached hydrogen (secondary N) is 1. The third-order valence-corrected chi connectivity index (χ3v) is 2.31. The molecule has 1 N–H and O–H groups in total. The zero-order valence-corrected chi connectivity index (χ0v) is 10.1. The molecule has 0 fully saturated rings. The van der Waals surface area contributed by atoms with Gasteiger partial charge in [0.25, 0.3) is 0 Å². The van der Waals surface area contributed by atoms with Crippen molar-refractivity contribution in [1.82, 2.24) is 10.3 Å². The minimum Gasteiger partial charge on any atom is -0.466 e. The van der Waals surface area contributed by atoms with Gasteiger partial charge in [-0.3, -0.25) is 9.78 Å². The van der Waals surface area contributed by atoms with Gasteiger partial charge in [0.2, 0.25) is 0 Å². The summed E-state index contributed by atoms with van der Waals surface area (Å²) in [5.41, 5.74) is 0.758. The first-order valence-electron chi connectivity index (χ1n) is 5.63. The van der Waals surface area contributed by atoms with Crippen LogP contribution in [0.15, 0.2) is 18.5 Å². The van der Waals surface area contributed by atoms with Gasteiger partial charge in [0.1, 0.15) is 5.82 Å². The second-order valence-electron chi connectivity index (χ2n) is 3.67. The molecule has 0 saturated carbocycles. The first-order valence-corrected chi connectivity index (χ1v) is 5.63. The van der Waals surface area contributed by atoms with E-state index in [0.29, 0.717) is 19.6 Å². The van der Waals surface area contributed by atoms with Crippen molar-refractivity contribution in [3.8, 4) is 0 Å². The van der Waals surface area contributed by atoms with Crippen molar-refractivity contribution in [3.05, 3.63) is 29.8 Å². The van der Waals surface area contributed by atoms with E-state index in [-0.39, 0.29) is 17.8 Å². The van der Waals surface area contributed by atoms with E-state index in [1.54, 1.807) is 13.1 Å². The quantitative estimate of drug-likeness (QED) is 0.771. The fourth-order valence-corrected chi connectivity index (χ4v) is 1.41. The predicted octanol–water partition coefficient (Wildman–Crippen LogP) is 1.82. The third kappa shape index (κ3) is 4.91. The number of aromatic nitrogens is 1. The van der Waals surface area contributed by atoms with E-state index in [0.717, 1.165) is 11.8 Å². The number of esters is 1. The summed E-state index contributed by atoms with van der Waals surface area (Å²) < 4.78 is 17.7. The number of nitrogens with zero attached hydrogens (tertiary/aromatic N) is 1. The maximum atomic E-state index is 12.9. The largest absolute Gasteiger partial charge is 0.466 e. The molecule has 0 aliphatic heterocycles. The van der Waals surface area contributed by atoms with Gasteiger partial charge in [-0.15, -0.1) is 0 Å². The third-order valence-electron chi connectivity index (χ3n) is 2.31. The molecule has 1 atom stereocenters. The summed E-state index contributed by atoms with van der Waals surface area (Å²) >= 11 is 0. The molecule has 0 aliphatic carbocycles. The number of carbonyl (C=O) groups is 1. The smallest absolute Gasteiger partial charge is 0.307 e. The van der Waals surface area contributed by atoms with Crippen molar-refractivity contribution in [2.45, 2.75) is 26.3 Å². The molecule has 0 saturated heterocycles.